The average Bonchev–Trinajstić information content (AvgIpc) is 2.31. The molecule has 1 saturated heterocycles. The van der Waals surface area contributed by atoms with Gasteiger partial charge in [0.25, 0.3) is 10.0 Å². The summed E-state index contributed by atoms with van der Waals surface area (Å²) in [4.78, 5) is 5.35. The first-order valence-electron chi connectivity index (χ1n) is 5.02. The molecule has 4 nitrogen and oxygen atoms in total. The molecule has 1 aliphatic rings. The summed E-state index contributed by atoms with van der Waals surface area (Å²) in [5.41, 5.74) is 0. The van der Waals surface area contributed by atoms with E-state index in [1.54, 1.807) is 12.1 Å². The zero-order chi connectivity index (χ0) is 11.6. The Balaban J connectivity index is 2.27. The van der Waals surface area contributed by atoms with Crippen molar-refractivity contribution in [3.05, 3.63) is 29.3 Å². The second-order valence-corrected chi connectivity index (χ2v) is 5.79. The second-order valence-electron chi connectivity index (χ2n) is 3.53. The minimum Gasteiger partial charge on any atom is -0.284 e. The Morgan fingerprint density at radius 3 is 2.44 bits per heavy atom. The van der Waals surface area contributed by atoms with Gasteiger partial charge in [0.1, 0.15) is 0 Å². The number of sulfonamides is 1. The van der Waals surface area contributed by atoms with Crippen LogP contribution >= 0.6 is 11.6 Å². The molecular formula is C10H12ClNO3S. The van der Waals surface area contributed by atoms with Gasteiger partial charge in [0.2, 0.25) is 0 Å². The number of hydrogen-bond acceptors (Lipinski definition) is 3. The summed E-state index contributed by atoms with van der Waals surface area (Å²) < 4.78 is 25.2. The van der Waals surface area contributed by atoms with E-state index in [0.717, 1.165) is 17.3 Å². The lowest BCUT2D eigenvalue weighted by atomic mass is 10.3. The summed E-state index contributed by atoms with van der Waals surface area (Å²) in [5, 5.41) is 0.513. The van der Waals surface area contributed by atoms with Crippen molar-refractivity contribution in [2.24, 2.45) is 0 Å². The van der Waals surface area contributed by atoms with Crippen LogP contribution < -0.4 is 0 Å². The van der Waals surface area contributed by atoms with Crippen LogP contribution in [0.5, 0.6) is 0 Å². The molecule has 0 saturated carbocycles. The van der Waals surface area contributed by atoms with Crippen LogP contribution in [0.1, 0.15) is 12.8 Å². The van der Waals surface area contributed by atoms with Crippen LogP contribution in [0.2, 0.25) is 5.02 Å². The van der Waals surface area contributed by atoms with Crippen molar-refractivity contribution in [3.8, 4) is 0 Å². The van der Waals surface area contributed by atoms with Crippen molar-refractivity contribution >= 4 is 21.6 Å². The van der Waals surface area contributed by atoms with Gasteiger partial charge in [0.15, 0.2) is 0 Å². The average molecular weight is 262 g/mol. The summed E-state index contributed by atoms with van der Waals surface area (Å²) >= 11 is 5.71. The fourth-order valence-electron chi connectivity index (χ4n) is 1.49. The predicted octanol–water partition coefficient (Wildman–Crippen LogP) is 2.06. The van der Waals surface area contributed by atoms with Crippen molar-refractivity contribution in [2.75, 3.05) is 13.2 Å². The van der Waals surface area contributed by atoms with Crippen molar-refractivity contribution in [1.82, 2.24) is 4.47 Å². The topological polar surface area (TPSA) is 46.6 Å². The van der Waals surface area contributed by atoms with E-state index in [1.165, 1.54) is 12.1 Å². The van der Waals surface area contributed by atoms with Gasteiger partial charge in [0.05, 0.1) is 11.5 Å². The normalized spacial score (nSPS) is 18.6. The molecule has 0 aromatic heterocycles. The SMILES string of the molecule is O=S(=O)(c1ccc(Cl)cc1)N1CCCCO1. The smallest absolute Gasteiger partial charge is 0.265 e. The van der Waals surface area contributed by atoms with E-state index in [1.807, 2.05) is 0 Å². The number of hydrogen-bond donors (Lipinski definition) is 0. The molecule has 0 N–H and O–H groups in total. The van der Waals surface area contributed by atoms with E-state index in [9.17, 15) is 8.42 Å². The van der Waals surface area contributed by atoms with Crippen LogP contribution in [0.4, 0.5) is 0 Å². The Bertz CT molecular complexity index is 451. The molecule has 0 radical (unpaired) electrons. The molecule has 6 heteroatoms. The van der Waals surface area contributed by atoms with Crippen molar-refractivity contribution in [3.63, 3.8) is 0 Å². The van der Waals surface area contributed by atoms with Gasteiger partial charge < -0.3 is 0 Å². The van der Waals surface area contributed by atoms with Gasteiger partial charge in [-0.2, -0.15) is 0 Å². The highest BCUT2D eigenvalue weighted by molar-refractivity contribution is 7.89. The highest BCUT2D eigenvalue weighted by atomic mass is 35.5. The van der Waals surface area contributed by atoms with Crippen LogP contribution in [-0.2, 0) is 14.9 Å². The van der Waals surface area contributed by atoms with E-state index in [-0.39, 0.29) is 4.90 Å². The Hall–Kier alpha value is -0.620. The number of halogens is 1. The van der Waals surface area contributed by atoms with E-state index in [2.05, 4.69) is 0 Å². The molecule has 1 fully saturated rings. The minimum absolute atomic E-state index is 0.207. The molecule has 0 bridgehead atoms. The molecule has 1 heterocycles. The van der Waals surface area contributed by atoms with Gasteiger partial charge in [-0.3, -0.25) is 4.84 Å². The van der Waals surface area contributed by atoms with Crippen LogP contribution in [0.3, 0.4) is 0 Å². The van der Waals surface area contributed by atoms with Gasteiger partial charge in [0, 0.05) is 11.6 Å². The molecule has 0 aliphatic carbocycles. The summed E-state index contributed by atoms with van der Waals surface area (Å²) in [7, 11) is -3.53. The number of hydroxylamine groups is 1. The third kappa shape index (κ3) is 2.38. The van der Waals surface area contributed by atoms with Crippen LogP contribution in [0, 0.1) is 0 Å². The Kier molecular flexibility index (Phi) is 3.49. The Labute approximate surface area is 99.8 Å². The first-order chi connectivity index (χ1) is 7.60. The lowest BCUT2D eigenvalue weighted by molar-refractivity contribution is -0.108. The summed E-state index contributed by atoms with van der Waals surface area (Å²) in [6.07, 6.45) is 1.72. The van der Waals surface area contributed by atoms with Crippen molar-refractivity contribution in [2.45, 2.75) is 17.7 Å². The van der Waals surface area contributed by atoms with Crippen molar-refractivity contribution in [1.29, 1.82) is 0 Å². The number of rotatable bonds is 2. The van der Waals surface area contributed by atoms with Crippen molar-refractivity contribution < 1.29 is 13.3 Å². The molecule has 0 spiro atoms. The lowest BCUT2D eigenvalue weighted by Crippen LogP contribution is -2.35. The summed E-state index contributed by atoms with van der Waals surface area (Å²) in [5.74, 6) is 0. The zero-order valence-corrected chi connectivity index (χ0v) is 10.2. The second kappa shape index (κ2) is 4.71. The maximum Gasteiger partial charge on any atom is 0.265 e. The maximum atomic E-state index is 12.1. The first-order valence-corrected chi connectivity index (χ1v) is 6.84. The van der Waals surface area contributed by atoms with Gasteiger partial charge in [-0.05, 0) is 37.1 Å². The third-order valence-corrected chi connectivity index (χ3v) is 4.29. The highest BCUT2D eigenvalue weighted by Crippen LogP contribution is 2.21. The fourth-order valence-corrected chi connectivity index (χ4v) is 2.91. The van der Waals surface area contributed by atoms with E-state index in [0.29, 0.717) is 18.2 Å². The molecule has 0 unspecified atom stereocenters. The van der Waals surface area contributed by atoms with Gasteiger partial charge in [-0.25, -0.2) is 8.42 Å². The molecule has 1 aromatic carbocycles. The predicted molar refractivity (Wildman–Crippen MR) is 60.5 cm³/mol. The van der Waals surface area contributed by atoms with Gasteiger partial charge >= 0.3 is 0 Å². The maximum absolute atomic E-state index is 12.1. The molecular weight excluding hydrogens is 250 g/mol. The molecule has 0 amide bonds. The zero-order valence-electron chi connectivity index (χ0n) is 8.60. The molecule has 88 valence electrons. The molecule has 0 atom stereocenters. The monoisotopic (exact) mass is 261 g/mol. The van der Waals surface area contributed by atoms with Crippen LogP contribution in [0.15, 0.2) is 29.2 Å². The summed E-state index contributed by atoms with van der Waals surface area (Å²) in [6.45, 7) is 0.859. The lowest BCUT2D eigenvalue weighted by Gasteiger charge is -2.25. The molecule has 16 heavy (non-hydrogen) atoms. The molecule has 2 rings (SSSR count). The highest BCUT2D eigenvalue weighted by Gasteiger charge is 2.27. The van der Waals surface area contributed by atoms with E-state index < -0.39 is 10.0 Å². The first kappa shape index (κ1) is 11.9. The largest absolute Gasteiger partial charge is 0.284 e. The number of nitrogens with zero attached hydrogens (tertiary/aromatic N) is 1. The van der Waals surface area contributed by atoms with E-state index in [4.69, 9.17) is 16.4 Å². The van der Waals surface area contributed by atoms with Gasteiger partial charge in [-0.15, -0.1) is 0 Å². The van der Waals surface area contributed by atoms with E-state index >= 15 is 0 Å². The molecule has 1 aliphatic heterocycles. The number of benzene rings is 1. The van der Waals surface area contributed by atoms with Crippen LogP contribution in [-0.4, -0.2) is 26.0 Å². The third-order valence-electron chi connectivity index (χ3n) is 2.35. The Morgan fingerprint density at radius 2 is 1.88 bits per heavy atom. The standard InChI is InChI=1S/C10H12ClNO3S/c11-9-3-5-10(6-4-9)16(13,14)12-7-1-2-8-15-12/h3-6H,1-2,7-8H2. The fraction of sp³-hybridized carbons (Fsp3) is 0.400. The summed E-state index contributed by atoms with van der Waals surface area (Å²) in [6, 6.07) is 6.07. The minimum atomic E-state index is -3.53. The van der Waals surface area contributed by atoms with Crippen LogP contribution in [0.25, 0.3) is 0 Å². The quantitative estimate of drug-likeness (QED) is 0.819. The molecule has 1 aromatic rings. The Morgan fingerprint density at radius 1 is 1.19 bits per heavy atom. The van der Waals surface area contributed by atoms with Gasteiger partial charge in [-0.1, -0.05) is 16.1 Å².